The first-order valence-corrected chi connectivity index (χ1v) is 18.1. The van der Waals surface area contributed by atoms with Crippen LogP contribution in [0.25, 0.3) is 33.3 Å². The Morgan fingerprint density at radius 3 is 1.10 bits per heavy atom. The van der Waals surface area contributed by atoms with Crippen LogP contribution in [0.2, 0.25) is 0 Å². The number of hydrogen-bond donors (Lipinski definition) is 4. The Labute approximate surface area is 298 Å². The van der Waals surface area contributed by atoms with Crippen molar-refractivity contribution in [3.63, 3.8) is 0 Å². The average Bonchev–Trinajstić information content (AvgIpc) is 3.02. The van der Waals surface area contributed by atoms with Gasteiger partial charge in [0.25, 0.3) is 0 Å². The molecule has 6 rings (SSSR count). The first-order chi connectivity index (χ1) is 22.0. The van der Waals surface area contributed by atoms with Gasteiger partial charge in [-0.1, -0.05) is 60.7 Å². The van der Waals surface area contributed by atoms with Crippen molar-refractivity contribution >= 4 is 26.2 Å². The third-order valence-corrected chi connectivity index (χ3v) is 9.14. The molecule has 0 spiro atoms. The van der Waals surface area contributed by atoms with Crippen LogP contribution < -0.4 is 43.1 Å². The van der Waals surface area contributed by atoms with Gasteiger partial charge in [-0.2, -0.15) is 0 Å². The molecule has 248 valence electrons. The number of benzene rings is 3. The Balaban J connectivity index is 0.00000260. The van der Waals surface area contributed by atoms with Crippen molar-refractivity contribution < 1.29 is 71.8 Å². The molecule has 4 N–H and O–H groups in total. The van der Waals surface area contributed by atoms with Gasteiger partial charge in [-0.3, -0.25) is 19.1 Å². The number of rotatable bonds is 10. The van der Waals surface area contributed by atoms with Gasteiger partial charge < -0.3 is 53.5 Å². The summed E-state index contributed by atoms with van der Waals surface area (Å²) in [4.78, 5) is 46.2. The van der Waals surface area contributed by atoms with Crippen molar-refractivity contribution in [2.75, 3.05) is 0 Å². The lowest BCUT2D eigenvalue weighted by atomic mass is 9.98. The van der Waals surface area contributed by atoms with E-state index in [0.29, 0.717) is 24.2 Å². The summed E-state index contributed by atoms with van der Waals surface area (Å²) in [5.41, 5.74) is 8.79. The molecular formula is C34H32Br2N4O6P2. The maximum atomic E-state index is 11.3. The third-order valence-electron chi connectivity index (χ3n) is 7.58. The molecular weight excluding hydrogens is 782 g/mol. The van der Waals surface area contributed by atoms with Crippen LogP contribution in [-0.2, 0) is 34.5 Å². The van der Waals surface area contributed by atoms with E-state index in [1.807, 2.05) is 82.5 Å². The van der Waals surface area contributed by atoms with Crippen LogP contribution in [0.15, 0.2) is 122 Å². The van der Waals surface area contributed by atoms with Gasteiger partial charge in [0.05, 0.1) is 23.4 Å². The molecule has 0 atom stereocenters. The summed E-state index contributed by atoms with van der Waals surface area (Å²) in [6.45, 7) is 1.23. The van der Waals surface area contributed by atoms with E-state index in [2.05, 4.69) is 12.1 Å². The monoisotopic (exact) mass is 812 g/mol. The largest absolute Gasteiger partial charge is 1.00 e. The quantitative estimate of drug-likeness (QED) is 0.102. The lowest BCUT2D eigenvalue weighted by Gasteiger charge is -2.10. The van der Waals surface area contributed by atoms with Crippen molar-refractivity contribution in [1.82, 2.24) is 9.97 Å². The zero-order chi connectivity index (χ0) is 32.3. The summed E-state index contributed by atoms with van der Waals surface area (Å²) in [6.07, 6.45) is 10.8. The molecule has 0 radical (unpaired) electrons. The van der Waals surface area contributed by atoms with Crippen LogP contribution in [0, 0.1) is 0 Å². The Morgan fingerprint density at radius 1 is 0.479 bits per heavy atom. The molecule has 0 bridgehead atoms. The van der Waals surface area contributed by atoms with E-state index in [1.54, 1.807) is 36.7 Å². The first kappa shape index (κ1) is 37.4. The maximum Gasteiger partial charge on any atom is 0.329 e. The van der Waals surface area contributed by atoms with Crippen molar-refractivity contribution in [3.8, 4) is 22.3 Å². The van der Waals surface area contributed by atoms with Gasteiger partial charge in [-0.25, -0.2) is 9.13 Å². The Bertz CT molecular complexity index is 1940. The number of aromatic nitrogens is 4. The van der Waals surface area contributed by atoms with Gasteiger partial charge in [0.15, 0.2) is 37.9 Å². The maximum absolute atomic E-state index is 11.3. The van der Waals surface area contributed by atoms with Gasteiger partial charge in [0.1, 0.15) is 0 Å². The van der Waals surface area contributed by atoms with Crippen LogP contribution in [0.3, 0.4) is 0 Å². The van der Waals surface area contributed by atoms with Crippen LogP contribution in [0.5, 0.6) is 0 Å². The Hall–Kier alpha value is -3.44. The van der Waals surface area contributed by atoms with Crippen LogP contribution in [0.1, 0.15) is 22.3 Å². The summed E-state index contributed by atoms with van der Waals surface area (Å²) < 4.78 is 26.6. The van der Waals surface area contributed by atoms with E-state index in [4.69, 9.17) is 9.97 Å². The predicted octanol–water partition coefficient (Wildman–Crippen LogP) is -1.00. The Morgan fingerprint density at radius 2 is 0.792 bits per heavy atom. The van der Waals surface area contributed by atoms with Gasteiger partial charge in [-0.05, 0) is 22.3 Å². The molecule has 3 heterocycles. The molecule has 0 saturated heterocycles. The van der Waals surface area contributed by atoms with Crippen molar-refractivity contribution in [3.05, 3.63) is 144 Å². The fourth-order valence-electron chi connectivity index (χ4n) is 5.40. The second-order valence-corrected chi connectivity index (χ2v) is 14.5. The molecule has 0 aliphatic rings. The molecule has 0 amide bonds. The summed E-state index contributed by atoms with van der Waals surface area (Å²) in [5, 5.41) is 0. The number of fused-ring (bicyclic) bond motifs is 1. The smallest absolute Gasteiger partial charge is 0.329 e. The fraction of sp³-hybridized carbons (Fsp3) is 0.118. The van der Waals surface area contributed by atoms with E-state index in [-0.39, 0.29) is 46.3 Å². The van der Waals surface area contributed by atoms with Crippen molar-refractivity contribution in [2.45, 2.75) is 25.4 Å². The zero-order valence-corrected chi connectivity index (χ0v) is 30.4. The highest BCUT2D eigenvalue weighted by Gasteiger charge is 2.17. The van der Waals surface area contributed by atoms with E-state index in [1.165, 1.54) is 0 Å². The molecule has 6 aromatic rings. The SMILES string of the molecule is O=P(O)(O)Cc1ccc(C[n+]2ccc(-c3ccc(-c4cc[n+](Cc5ccc(CP(=O)(O)O)cc5)cc4)c4nccnc34)cc2)cc1.[Br-].[Br-]. The zero-order valence-electron chi connectivity index (χ0n) is 25.4. The summed E-state index contributed by atoms with van der Waals surface area (Å²) >= 11 is 0. The van der Waals surface area contributed by atoms with Crippen LogP contribution in [-0.4, -0.2) is 29.5 Å². The normalized spacial score (nSPS) is 11.5. The van der Waals surface area contributed by atoms with E-state index in [0.717, 1.165) is 44.4 Å². The van der Waals surface area contributed by atoms with E-state index >= 15 is 0 Å². The number of hydrogen-bond acceptors (Lipinski definition) is 4. The molecule has 48 heavy (non-hydrogen) atoms. The predicted molar refractivity (Wildman–Crippen MR) is 173 cm³/mol. The van der Waals surface area contributed by atoms with Gasteiger partial charge in [-0.15, -0.1) is 0 Å². The topological polar surface area (TPSA) is 149 Å². The fourth-order valence-corrected chi connectivity index (χ4v) is 6.78. The lowest BCUT2D eigenvalue weighted by molar-refractivity contribution is -0.688. The molecule has 3 aromatic carbocycles. The summed E-state index contributed by atoms with van der Waals surface area (Å²) in [7, 11) is -8.19. The lowest BCUT2D eigenvalue weighted by Crippen LogP contribution is -3.00. The van der Waals surface area contributed by atoms with Crippen LogP contribution in [0.4, 0.5) is 0 Å². The minimum Gasteiger partial charge on any atom is -1.00 e. The highest BCUT2D eigenvalue weighted by atomic mass is 79.9. The molecule has 0 saturated carbocycles. The van der Waals surface area contributed by atoms with Gasteiger partial charge in [0.2, 0.25) is 0 Å². The van der Waals surface area contributed by atoms with Crippen LogP contribution >= 0.6 is 15.2 Å². The molecule has 3 aromatic heterocycles. The number of halogens is 2. The highest BCUT2D eigenvalue weighted by molar-refractivity contribution is 7.51. The molecule has 0 aliphatic heterocycles. The summed E-state index contributed by atoms with van der Waals surface area (Å²) in [6, 6.07) is 26.8. The summed E-state index contributed by atoms with van der Waals surface area (Å²) in [5.74, 6) is 0. The van der Waals surface area contributed by atoms with Gasteiger partial charge in [0, 0.05) is 58.9 Å². The minimum absolute atomic E-state index is 0. The third kappa shape index (κ3) is 9.81. The second kappa shape index (κ2) is 15.8. The van der Waals surface area contributed by atoms with Crippen molar-refractivity contribution in [2.24, 2.45) is 0 Å². The average molecular weight is 814 g/mol. The minimum atomic E-state index is -4.10. The van der Waals surface area contributed by atoms with E-state index < -0.39 is 15.2 Å². The van der Waals surface area contributed by atoms with Crippen molar-refractivity contribution in [1.29, 1.82) is 0 Å². The Kier molecular flexibility index (Phi) is 12.3. The molecule has 0 unspecified atom stereocenters. The second-order valence-electron chi connectivity index (χ2n) is 11.2. The first-order valence-electron chi connectivity index (χ1n) is 14.5. The molecule has 14 heteroatoms. The van der Waals surface area contributed by atoms with E-state index in [9.17, 15) is 28.7 Å². The number of pyridine rings is 2. The molecule has 0 fully saturated rings. The highest BCUT2D eigenvalue weighted by Crippen LogP contribution is 2.39. The molecule has 10 nitrogen and oxygen atoms in total. The number of nitrogens with zero attached hydrogens (tertiary/aromatic N) is 4. The molecule has 0 aliphatic carbocycles. The standard InChI is InChI=1S/C34H30N4O6P2.2BrH/c39-45(40,41)23-27-5-1-25(2-6-27)21-37-17-11-29(12-18-37)31-9-10-32(34-33(31)35-15-16-36-34)30-13-19-38(20-14-30)22-26-3-7-28(8-4-26)24-46(42,43)44;;/h1-20H,21-24H2,(H2-2,39,40,41,42,43,44);2*1H. The van der Waals surface area contributed by atoms with Gasteiger partial charge >= 0.3 is 15.2 Å².